The molecule has 0 radical (unpaired) electrons. The van der Waals surface area contributed by atoms with Gasteiger partial charge >= 0.3 is 0 Å². The van der Waals surface area contributed by atoms with Gasteiger partial charge in [-0.25, -0.2) is 8.42 Å². The monoisotopic (exact) mass is 558 g/mol. The average molecular weight is 559 g/mol. The summed E-state index contributed by atoms with van der Waals surface area (Å²) in [5.74, 6) is 0.191. The highest BCUT2D eigenvalue weighted by atomic mass is 32.2. The summed E-state index contributed by atoms with van der Waals surface area (Å²) in [5, 5.41) is 13.3. The number of amides is 1. The Morgan fingerprint density at radius 3 is 2.44 bits per heavy atom. The standard InChI is InChI=1S/C29H26N4O4S2/c1-37-23-11-13-24(14-12-23)39(35,36)32-22-9-7-21(8-10-22)28(34)31-29-26(17-30)25-15-16-33(19-27(25)38-29)18-20-5-3-2-4-6-20/h2-14,32H,15-16,18-19H2,1H3,(H,31,34). The van der Waals surface area contributed by atoms with Crippen molar-refractivity contribution < 1.29 is 17.9 Å². The van der Waals surface area contributed by atoms with Gasteiger partial charge in [-0.15, -0.1) is 11.3 Å². The number of nitrogens with one attached hydrogen (secondary N) is 2. The fourth-order valence-electron chi connectivity index (χ4n) is 4.47. The molecule has 2 N–H and O–H groups in total. The zero-order valence-corrected chi connectivity index (χ0v) is 22.8. The van der Waals surface area contributed by atoms with E-state index in [9.17, 15) is 18.5 Å². The fourth-order valence-corrected chi connectivity index (χ4v) is 6.77. The van der Waals surface area contributed by atoms with Gasteiger partial charge in [-0.05, 0) is 66.1 Å². The molecule has 0 aliphatic carbocycles. The second kappa shape index (κ2) is 11.3. The minimum atomic E-state index is -3.80. The number of fused-ring (bicyclic) bond motifs is 1. The molecule has 0 atom stereocenters. The van der Waals surface area contributed by atoms with Crippen molar-refractivity contribution in [3.63, 3.8) is 0 Å². The quantitative estimate of drug-likeness (QED) is 0.306. The molecule has 10 heteroatoms. The molecule has 3 aromatic carbocycles. The van der Waals surface area contributed by atoms with Crippen LogP contribution in [0, 0.1) is 11.3 Å². The Morgan fingerprint density at radius 1 is 1.05 bits per heavy atom. The minimum absolute atomic E-state index is 0.0955. The van der Waals surface area contributed by atoms with Crippen molar-refractivity contribution in [1.29, 1.82) is 5.26 Å². The highest BCUT2D eigenvalue weighted by Crippen LogP contribution is 2.37. The van der Waals surface area contributed by atoms with E-state index in [-0.39, 0.29) is 10.8 Å². The number of hydrogen-bond acceptors (Lipinski definition) is 7. The van der Waals surface area contributed by atoms with Gasteiger partial charge in [0.15, 0.2) is 0 Å². The number of ether oxygens (including phenoxy) is 1. The molecule has 39 heavy (non-hydrogen) atoms. The number of carbonyl (C=O) groups excluding carboxylic acids is 1. The molecule has 0 saturated heterocycles. The van der Waals surface area contributed by atoms with Crippen LogP contribution in [0.2, 0.25) is 0 Å². The molecule has 1 aliphatic heterocycles. The van der Waals surface area contributed by atoms with Crippen molar-refractivity contribution in [2.45, 2.75) is 24.4 Å². The first-order chi connectivity index (χ1) is 18.9. The number of sulfonamides is 1. The van der Waals surface area contributed by atoms with Crippen molar-refractivity contribution in [2.24, 2.45) is 0 Å². The lowest BCUT2D eigenvalue weighted by atomic mass is 10.0. The number of hydrogen-bond donors (Lipinski definition) is 2. The average Bonchev–Trinajstić information content (AvgIpc) is 3.29. The smallest absolute Gasteiger partial charge is 0.261 e. The highest BCUT2D eigenvalue weighted by Gasteiger charge is 2.25. The molecular formula is C29H26N4O4S2. The molecule has 2 heterocycles. The third-order valence-electron chi connectivity index (χ3n) is 6.49. The zero-order chi connectivity index (χ0) is 27.4. The molecule has 1 amide bonds. The van der Waals surface area contributed by atoms with Crippen LogP contribution in [0.4, 0.5) is 10.7 Å². The van der Waals surface area contributed by atoms with Crippen LogP contribution in [-0.2, 0) is 29.5 Å². The van der Waals surface area contributed by atoms with Crippen LogP contribution in [0.25, 0.3) is 0 Å². The Kier molecular flexibility index (Phi) is 7.65. The van der Waals surface area contributed by atoms with Crippen molar-refractivity contribution in [1.82, 2.24) is 4.90 Å². The lowest BCUT2D eigenvalue weighted by molar-refractivity contribution is 0.102. The van der Waals surface area contributed by atoms with Crippen molar-refractivity contribution in [3.8, 4) is 11.8 Å². The Balaban J connectivity index is 1.26. The number of benzene rings is 3. The predicted octanol–water partition coefficient (Wildman–Crippen LogP) is 5.24. The first kappa shape index (κ1) is 26.4. The van der Waals surface area contributed by atoms with Crippen LogP contribution < -0.4 is 14.8 Å². The van der Waals surface area contributed by atoms with Crippen LogP contribution in [0.3, 0.4) is 0 Å². The maximum absolute atomic E-state index is 13.0. The van der Waals surface area contributed by atoms with Crippen molar-refractivity contribution in [2.75, 3.05) is 23.7 Å². The normalized spacial score (nSPS) is 13.2. The summed E-state index contributed by atoms with van der Waals surface area (Å²) in [6, 6.07) is 24.7. The molecule has 1 aromatic heterocycles. The summed E-state index contributed by atoms with van der Waals surface area (Å²) in [4.78, 5) is 16.5. The molecule has 5 rings (SSSR count). The number of anilines is 2. The number of methoxy groups -OCH3 is 1. The summed E-state index contributed by atoms with van der Waals surface area (Å²) < 4.78 is 33.0. The van der Waals surface area contributed by atoms with Gasteiger partial charge in [-0.1, -0.05) is 30.3 Å². The van der Waals surface area contributed by atoms with Crippen LogP contribution in [0.5, 0.6) is 5.75 Å². The molecule has 0 spiro atoms. The molecular weight excluding hydrogens is 532 g/mol. The van der Waals surface area contributed by atoms with E-state index in [0.717, 1.165) is 36.5 Å². The Labute approximate surface area is 231 Å². The van der Waals surface area contributed by atoms with E-state index in [4.69, 9.17) is 4.74 Å². The maximum atomic E-state index is 13.0. The first-order valence-corrected chi connectivity index (χ1v) is 14.6. The number of carbonyl (C=O) groups is 1. The van der Waals surface area contributed by atoms with Crippen molar-refractivity contribution in [3.05, 3.63) is 106 Å². The van der Waals surface area contributed by atoms with E-state index in [2.05, 4.69) is 33.1 Å². The van der Waals surface area contributed by atoms with Gasteiger partial charge in [0, 0.05) is 35.8 Å². The molecule has 1 aliphatic rings. The topological polar surface area (TPSA) is 112 Å². The second-order valence-electron chi connectivity index (χ2n) is 9.08. The van der Waals surface area contributed by atoms with Gasteiger partial charge in [0.2, 0.25) is 0 Å². The zero-order valence-electron chi connectivity index (χ0n) is 21.2. The summed E-state index contributed by atoms with van der Waals surface area (Å²) in [5.41, 5.74) is 3.44. The van der Waals surface area contributed by atoms with Gasteiger partial charge in [0.1, 0.15) is 16.8 Å². The van der Waals surface area contributed by atoms with E-state index in [0.29, 0.717) is 27.6 Å². The number of nitriles is 1. The van der Waals surface area contributed by atoms with E-state index >= 15 is 0 Å². The van der Waals surface area contributed by atoms with E-state index in [1.807, 2.05) is 18.2 Å². The lowest BCUT2D eigenvalue weighted by Crippen LogP contribution is -2.29. The molecule has 198 valence electrons. The maximum Gasteiger partial charge on any atom is 0.261 e. The Hall–Kier alpha value is -4.17. The number of rotatable bonds is 8. The third-order valence-corrected chi connectivity index (χ3v) is 9.02. The summed E-state index contributed by atoms with van der Waals surface area (Å²) in [6.07, 6.45) is 0.750. The lowest BCUT2D eigenvalue weighted by Gasteiger charge is -2.26. The Bertz CT molecular complexity index is 1630. The van der Waals surface area contributed by atoms with Crippen LogP contribution in [0.15, 0.2) is 83.8 Å². The van der Waals surface area contributed by atoms with Gasteiger partial charge < -0.3 is 10.1 Å². The van der Waals surface area contributed by atoms with Gasteiger partial charge in [0.25, 0.3) is 15.9 Å². The van der Waals surface area contributed by atoms with Gasteiger partial charge in [-0.2, -0.15) is 5.26 Å². The number of nitrogens with zero attached hydrogens (tertiary/aromatic N) is 2. The van der Waals surface area contributed by atoms with Crippen LogP contribution >= 0.6 is 11.3 Å². The molecule has 8 nitrogen and oxygen atoms in total. The summed E-state index contributed by atoms with van der Waals surface area (Å²) in [7, 11) is -2.29. The number of thiophene rings is 1. The minimum Gasteiger partial charge on any atom is -0.497 e. The second-order valence-corrected chi connectivity index (χ2v) is 11.9. The molecule has 0 bridgehead atoms. The molecule has 0 unspecified atom stereocenters. The summed E-state index contributed by atoms with van der Waals surface area (Å²) in [6.45, 7) is 2.40. The largest absolute Gasteiger partial charge is 0.497 e. The molecule has 4 aromatic rings. The van der Waals surface area contributed by atoms with E-state index < -0.39 is 10.0 Å². The van der Waals surface area contributed by atoms with Crippen LogP contribution in [-0.4, -0.2) is 32.9 Å². The highest BCUT2D eigenvalue weighted by molar-refractivity contribution is 7.92. The van der Waals surface area contributed by atoms with Gasteiger partial charge in [0.05, 0.1) is 17.6 Å². The van der Waals surface area contributed by atoms with Crippen molar-refractivity contribution >= 4 is 38.0 Å². The van der Waals surface area contributed by atoms with E-state index in [1.165, 1.54) is 48.3 Å². The predicted molar refractivity (Wildman–Crippen MR) is 151 cm³/mol. The van der Waals surface area contributed by atoms with Gasteiger partial charge in [-0.3, -0.25) is 14.4 Å². The molecule has 0 fully saturated rings. The third kappa shape index (κ3) is 5.96. The van der Waals surface area contributed by atoms with E-state index in [1.54, 1.807) is 24.3 Å². The summed E-state index contributed by atoms with van der Waals surface area (Å²) >= 11 is 1.44. The molecule has 0 saturated carbocycles. The SMILES string of the molecule is COc1ccc(S(=O)(=O)Nc2ccc(C(=O)Nc3sc4c(c3C#N)CCN(Cc3ccccc3)C4)cc2)cc1. The Morgan fingerprint density at radius 2 is 1.77 bits per heavy atom. The first-order valence-electron chi connectivity index (χ1n) is 12.3. The fraction of sp³-hybridized carbons (Fsp3) is 0.172. The van der Waals surface area contributed by atoms with Crippen LogP contribution in [0.1, 0.15) is 31.9 Å².